The molecule has 0 radical (unpaired) electrons. The Morgan fingerprint density at radius 3 is 0.562 bits per heavy atom. The molecule has 1 aliphatic heterocycles. The lowest BCUT2D eigenvalue weighted by Crippen LogP contribution is -2.11. The molecule has 0 bridgehead atoms. The molecule has 16 heavy (non-hydrogen) atoms. The summed E-state index contributed by atoms with van der Waals surface area (Å²) in [6.07, 6.45) is 0. The quantitative estimate of drug-likeness (QED) is 0.480. The minimum atomic E-state index is 0.424. The largest absolute Gasteiger partial charge is 0.0581 e. The lowest BCUT2D eigenvalue weighted by atomic mass is 10.6. The molecule has 96 valence electrons. The molecule has 1 heterocycles. The van der Waals surface area contributed by atoms with Gasteiger partial charge in [-0.15, -0.1) is 0 Å². The molecule has 0 atom stereocenters. The second kappa shape index (κ2) is 6.25. The normalized spacial score (nSPS) is 35.2. The summed E-state index contributed by atoms with van der Waals surface area (Å²) in [5.41, 5.74) is 3.98. The smallest absolute Gasteiger partial charge is 0.0182 e. The van der Waals surface area contributed by atoms with E-state index in [1.807, 2.05) is 0 Å². The highest BCUT2D eigenvalue weighted by Gasteiger charge is 2.53. The van der Waals surface area contributed by atoms with E-state index in [-0.39, 0.29) is 0 Å². The van der Waals surface area contributed by atoms with E-state index in [1.54, 1.807) is 0 Å². The summed E-state index contributed by atoms with van der Waals surface area (Å²) in [6.45, 7) is 20.0. The van der Waals surface area contributed by atoms with Crippen LogP contribution in [0.15, 0.2) is 0 Å². The molecule has 1 fully saturated rings. The number of hydrogen-bond donors (Lipinski definition) is 0. The molecule has 1 aliphatic rings. The predicted molar refractivity (Wildman–Crippen MR) is 88.2 cm³/mol. The van der Waals surface area contributed by atoms with E-state index >= 15 is 0 Å². The fraction of sp³-hybridized carbons (Fsp3) is 1.00. The van der Waals surface area contributed by atoms with E-state index in [9.17, 15) is 0 Å². The second-order valence-electron chi connectivity index (χ2n) is 5.66. The van der Waals surface area contributed by atoms with Gasteiger partial charge in [-0.05, 0) is 51.8 Å². The zero-order valence-electron chi connectivity index (χ0n) is 12.1. The molecule has 0 nitrogen and oxygen atoms in total. The van der Waals surface area contributed by atoms with Gasteiger partial charge in [-0.1, -0.05) is 55.4 Å². The summed E-state index contributed by atoms with van der Waals surface area (Å²) in [4.78, 5) is 0. The summed E-state index contributed by atoms with van der Waals surface area (Å²) < 4.78 is 0. The average Bonchev–Trinajstić information content (AvgIpc) is 1.97. The van der Waals surface area contributed by atoms with Crippen molar-refractivity contribution >= 4 is 29.2 Å². The Balaban J connectivity index is 2.89. The van der Waals surface area contributed by atoms with E-state index in [2.05, 4.69) is 55.4 Å². The number of rotatable bonds is 4. The van der Waals surface area contributed by atoms with Crippen LogP contribution in [0.1, 0.15) is 55.4 Å². The minimum Gasteiger partial charge on any atom is -0.0581 e. The van der Waals surface area contributed by atoms with Crippen LogP contribution >= 0.6 is 29.2 Å². The first kappa shape index (κ1) is 15.8. The Morgan fingerprint density at radius 2 is 0.500 bits per heavy atom. The minimum absolute atomic E-state index is 0.424. The third-order valence-corrected chi connectivity index (χ3v) is 43.1. The van der Waals surface area contributed by atoms with Crippen LogP contribution in [-0.2, 0) is 0 Å². The van der Waals surface area contributed by atoms with Gasteiger partial charge in [0.05, 0.1) is 0 Å². The lowest BCUT2D eigenvalue weighted by molar-refractivity contribution is 1.07. The molecule has 0 N–H and O–H groups in total. The SMILES string of the molecule is CC(C)P1P(C(C)C)P(C(C)C)P1C(C)C. The van der Waals surface area contributed by atoms with Crippen molar-refractivity contribution in [2.24, 2.45) is 0 Å². The van der Waals surface area contributed by atoms with Crippen molar-refractivity contribution in [2.75, 3.05) is 0 Å². The van der Waals surface area contributed by atoms with E-state index in [4.69, 9.17) is 0 Å². The standard InChI is InChI=1S/C12H28P4/c1-9(2)13-14(10(3)4)16(12(7)8)15(13)11(5)6/h9-12H,1-8H3. The first-order valence-corrected chi connectivity index (χ1v) is 14.9. The maximum absolute atomic E-state index is 2.49. The molecule has 1 rings (SSSR count). The van der Waals surface area contributed by atoms with Crippen molar-refractivity contribution in [3.05, 3.63) is 0 Å². The molecule has 0 saturated carbocycles. The van der Waals surface area contributed by atoms with Gasteiger partial charge >= 0.3 is 0 Å². The van der Waals surface area contributed by atoms with E-state index in [1.165, 1.54) is 0 Å². The van der Waals surface area contributed by atoms with Crippen molar-refractivity contribution in [3.63, 3.8) is 0 Å². The molecule has 0 aromatic carbocycles. The highest BCUT2D eigenvalue weighted by Crippen LogP contribution is 3.23. The Bertz CT molecular complexity index is 169. The molecular weight excluding hydrogens is 268 g/mol. The van der Waals surface area contributed by atoms with Crippen molar-refractivity contribution in [2.45, 2.75) is 78.0 Å². The van der Waals surface area contributed by atoms with Gasteiger partial charge in [-0.3, -0.25) is 0 Å². The van der Waals surface area contributed by atoms with Crippen LogP contribution in [-0.4, -0.2) is 22.6 Å². The fourth-order valence-corrected chi connectivity index (χ4v) is 53.3. The fourth-order valence-electron chi connectivity index (χ4n) is 2.24. The van der Waals surface area contributed by atoms with Crippen LogP contribution in [0.3, 0.4) is 0 Å². The molecule has 0 spiro atoms. The summed E-state index contributed by atoms with van der Waals surface area (Å²) in [6, 6.07) is 0. The molecule has 4 heteroatoms. The first-order chi connectivity index (χ1) is 7.29. The Hall–Kier alpha value is 1.72. The van der Waals surface area contributed by atoms with Gasteiger partial charge in [0, 0.05) is 0 Å². The van der Waals surface area contributed by atoms with Gasteiger partial charge in [0.1, 0.15) is 0 Å². The van der Waals surface area contributed by atoms with Crippen molar-refractivity contribution < 1.29 is 0 Å². The van der Waals surface area contributed by atoms with Gasteiger partial charge in [-0.25, -0.2) is 0 Å². The van der Waals surface area contributed by atoms with E-state index < -0.39 is 0 Å². The zero-order chi connectivity index (χ0) is 12.6. The van der Waals surface area contributed by atoms with Crippen molar-refractivity contribution in [1.29, 1.82) is 0 Å². The summed E-state index contributed by atoms with van der Waals surface area (Å²) in [7, 11) is 1.70. The Kier molecular flexibility index (Phi) is 6.16. The van der Waals surface area contributed by atoms with Crippen molar-refractivity contribution in [3.8, 4) is 0 Å². The lowest BCUT2D eigenvalue weighted by Gasteiger charge is -2.60. The molecular formula is C12H28P4. The van der Waals surface area contributed by atoms with Crippen LogP contribution < -0.4 is 0 Å². The van der Waals surface area contributed by atoms with Crippen LogP contribution in [0.5, 0.6) is 0 Å². The maximum atomic E-state index is 2.49. The molecule has 0 aliphatic carbocycles. The number of hydrogen-bond acceptors (Lipinski definition) is 0. The Labute approximate surface area is 107 Å². The Morgan fingerprint density at radius 1 is 0.375 bits per heavy atom. The second-order valence-corrected chi connectivity index (χ2v) is 26.5. The van der Waals surface area contributed by atoms with E-state index in [0.29, 0.717) is 29.2 Å². The van der Waals surface area contributed by atoms with Gasteiger partial charge in [0.15, 0.2) is 0 Å². The molecule has 0 unspecified atom stereocenters. The predicted octanol–water partition coefficient (Wildman–Crippen LogP) is 7.22. The zero-order valence-corrected chi connectivity index (χ0v) is 15.7. The topological polar surface area (TPSA) is 0 Å². The first-order valence-electron chi connectivity index (χ1n) is 6.45. The molecule has 1 saturated heterocycles. The summed E-state index contributed by atoms with van der Waals surface area (Å²) in [5, 5.41) is 0. The van der Waals surface area contributed by atoms with Crippen LogP contribution in [0.4, 0.5) is 0 Å². The highest BCUT2D eigenvalue weighted by atomic mass is 33.0. The van der Waals surface area contributed by atoms with Gasteiger partial charge in [0.25, 0.3) is 0 Å². The third-order valence-electron chi connectivity index (χ3n) is 2.69. The van der Waals surface area contributed by atoms with E-state index in [0.717, 1.165) is 22.6 Å². The van der Waals surface area contributed by atoms with Crippen LogP contribution in [0.2, 0.25) is 0 Å². The average molecular weight is 296 g/mol. The monoisotopic (exact) mass is 296 g/mol. The van der Waals surface area contributed by atoms with Crippen molar-refractivity contribution in [1.82, 2.24) is 0 Å². The van der Waals surface area contributed by atoms with Gasteiger partial charge in [-0.2, -0.15) is 0 Å². The maximum Gasteiger partial charge on any atom is -0.0182 e. The van der Waals surface area contributed by atoms with Gasteiger partial charge < -0.3 is 0 Å². The molecule has 0 amide bonds. The third kappa shape index (κ3) is 3.00. The highest BCUT2D eigenvalue weighted by molar-refractivity contribution is 9.09. The van der Waals surface area contributed by atoms with Crippen LogP contribution in [0.25, 0.3) is 0 Å². The summed E-state index contributed by atoms with van der Waals surface area (Å²) in [5.74, 6) is 0. The van der Waals surface area contributed by atoms with Gasteiger partial charge in [0.2, 0.25) is 0 Å². The van der Waals surface area contributed by atoms with Crippen LogP contribution in [0, 0.1) is 0 Å². The molecule has 0 aromatic heterocycles. The summed E-state index contributed by atoms with van der Waals surface area (Å²) >= 11 is 0. The molecule has 0 aromatic rings.